The maximum atomic E-state index is 13.8. The highest BCUT2D eigenvalue weighted by molar-refractivity contribution is 8.55. The molecule has 0 aliphatic rings. The molecule has 0 radical (unpaired) electrons. The molecular formula is C27H36ClFNO5PS2. The van der Waals surface area contributed by atoms with E-state index in [0.717, 1.165) is 45.0 Å². The van der Waals surface area contributed by atoms with E-state index in [1.807, 2.05) is 63.7 Å². The smallest absolute Gasteiger partial charge is 0.389 e. The fourth-order valence-corrected chi connectivity index (χ4v) is 8.75. The number of rotatable bonds is 13. The van der Waals surface area contributed by atoms with Gasteiger partial charge in [-0.05, 0) is 79.4 Å². The summed E-state index contributed by atoms with van der Waals surface area (Å²) in [5.74, 6) is 1.63. The third-order valence-electron chi connectivity index (χ3n) is 5.69. The van der Waals surface area contributed by atoms with Crippen LogP contribution in [0.2, 0.25) is 5.02 Å². The Kier molecular flexibility index (Phi) is 13.7. The average Bonchev–Trinajstić information content (AvgIpc) is 3.12. The van der Waals surface area contributed by atoms with Crippen molar-refractivity contribution in [1.29, 1.82) is 0 Å². The van der Waals surface area contributed by atoms with Crippen LogP contribution in [0.5, 0.6) is 0 Å². The number of hydrogen-bond acceptors (Lipinski definition) is 6. The molecule has 1 atom stereocenters. The van der Waals surface area contributed by atoms with Crippen LogP contribution in [-0.2, 0) is 25.0 Å². The molecule has 1 N–H and O–H groups in total. The van der Waals surface area contributed by atoms with Gasteiger partial charge in [-0.25, -0.2) is 8.96 Å². The summed E-state index contributed by atoms with van der Waals surface area (Å²) >= 11 is 9.09. The maximum Gasteiger partial charge on any atom is 0.389 e. The van der Waals surface area contributed by atoms with Gasteiger partial charge in [0.2, 0.25) is 0 Å². The lowest BCUT2D eigenvalue weighted by Gasteiger charge is -2.15. The molecule has 1 aromatic heterocycles. The summed E-state index contributed by atoms with van der Waals surface area (Å²) in [4.78, 5) is 11.2. The second kappa shape index (κ2) is 15.9. The van der Waals surface area contributed by atoms with Gasteiger partial charge >= 0.3 is 12.8 Å². The van der Waals surface area contributed by atoms with Crippen molar-refractivity contribution in [1.82, 2.24) is 4.57 Å². The summed E-state index contributed by atoms with van der Waals surface area (Å²) in [6.45, 7) is 7.53. The molecule has 0 aliphatic heterocycles. The van der Waals surface area contributed by atoms with Crippen molar-refractivity contribution < 1.29 is 27.9 Å². The van der Waals surface area contributed by atoms with Gasteiger partial charge in [0.15, 0.2) is 0 Å². The normalized spacial score (nSPS) is 12.3. The van der Waals surface area contributed by atoms with Gasteiger partial charge in [-0.1, -0.05) is 37.6 Å². The van der Waals surface area contributed by atoms with Gasteiger partial charge in [0.1, 0.15) is 12.4 Å². The number of fused-ring (bicyclic) bond motifs is 1. The zero-order valence-corrected chi connectivity index (χ0v) is 25.7. The van der Waals surface area contributed by atoms with Crippen molar-refractivity contribution >= 4 is 58.4 Å². The highest BCUT2D eigenvalue weighted by atomic mass is 35.5. The number of hydrogen-bond donors (Lipinski definition) is 1. The van der Waals surface area contributed by atoms with Crippen LogP contribution in [0.4, 0.5) is 4.39 Å². The summed E-state index contributed by atoms with van der Waals surface area (Å²) in [5, 5.41) is 10.6. The standard InChI is InChI=1S/C19H17ClFNO2.C8H19O3PS2/c1-11(13-3-5-14(20)6-4-13)19-12(2)22(10-18(23)24)17-8-7-15(21)9-16(17)19;1-4-10-12(9,11-5-2)14-8-7-13-6-3/h3-9,11H,10H2,1-2H3,(H,23,24);4-8H2,1-3H3. The molecule has 0 spiro atoms. The van der Waals surface area contributed by atoms with E-state index in [9.17, 15) is 18.9 Å². The average molecular weight is 604 g/mol. The summed E-state index contributed by atoms with van der Waals surface area (Å²) in [7, 11) is 0. The van der Waals surface area contributed by atoms with Crippen LogP contribution in [0.25, 0.3) is 10.9 Å². The first-order valence-electron chi connectivity index (χ1n) is 12.4. The highest BCUT2D eigenvalue weighted by Gasteiger charge is 2.24. The van der Waals surface area contributed by atoms with Crippen molar-refractivity contribution in [3.63, 3.8) is 0 Å². The van der Waals surface area contributed by atoms with Crippen molar-refractivity contribution in [2.75, 3.05) is 30.5 Å². The number of benzene rings is 2. The molecule has 0 saturated carbocycles. The van der Waals surface area contributed by atoms with Crippen LogP contribution in [0.1, 0.15) is 50.4 Å². The van der Waals surface area contributed by atoms with Gasteiger partial charge in [-0.2, -0.15) is 11.8 Å². The Balaban J connectivity index is 0.000000312. The molecule has 0 fully saturated rings. The number of thioether (sulfide) groups is 1. The first kappa shape index (κ1) is 32.7. The van der Waals surface area contributed by atoms with Crippen molar-refractivity contribution in [3.8, 4) is 0 Å². The van der Waals surface area contributed by atoms with E-state index < -0.39 is 12.8 Å². The van der Waals surface area contributed by atoms with E-state index in [0.29, 0.717) is 18.2 Å². The Morgan fingerprint density at radius 2 is 1.74 bits per heavy atom. The number of nitrogens with zero attached hydrogens (tertiary/aromatic N) is 1. The predicted octanol–water partition coefficient (Wildman–Crippen LogP) is 8.63. The molecule has 1 unspecified atom stereocenters. The van der Waals surface area contributed by atoms with E-state index in [2.05, 4.69) is 6.92 Å². The van der Waals surface area contributed by atoms with Crippen molar-refractivity contribution in [2.45, 2.75) is 47.1 Å². The SMILES string of the molecule is CCOP(=O)(OCC)SCCSCC.Cc1c(C(C)c2ccc(Cl)cc2)c2cc(F)ccc2n1CC(=O)O. The predicted molar refractivity (Wildman–Crippen MR) is 160 cm³/mol. The Hall–Kier alpha value is -1.48. The second-order valence-electron chi connectivity index (χ2n) is 8.23. The molecule has 0 amide bonds. The molecule has 1 heterocycles. The Morgan fingerprint density at radius 3 is 2.29 bits per heavy atom. The quantitative estimate of drug-likeness (QED) is 0.155. The van der Waals surface area contributed by atoms with Crippen molar-refractivity contribution in [3.05, 3.63) is 70.1 Å². The zero-order valence-electron chi connectivity index (χ0n) is 22.4. The van der Waals surface area contributed by atoms with Gasteiger partial charge in [-0.3, -0.25) is 4.79 Å². The molecule has 3 rings (SSSR count). The highest BCUT2D eigenvalue weighted by Crippen LogP contribution is 2.60. The molecule has 0 saturated heterocycles. The molecule has 210 valence electrons. The van der Waals surface area contributed by atoms with E-state index in [-0.39, 0.29) is 18.3 Å². The third kappa shape index (κ3) is 9.32. The minimum absolute atomic E-state index is 0.0124. The molecular weight excluding hydrogens is 568 g/mol. The number of halogens is 2. The van der Waals surface area contributed by atoms with Gasteiger partial charge in [-0.15, -0.1) is 0 Å². The fourth-order valence-electron chi connectivity index (χ4n) is 4.06. The second-order valence-corrected chi connectivity index (χ2v) is 14.3. The van der Waals surface area contributed by atoms with E-state index in [1.54, 1.807) is 10.6 Å². The maximum absolute atomic E-state index is 13.8. The van der Waals surface area contributed by atoms with E-state index in [4.69, 9.17) is 20.6 Å². The minimum Gasteiger partial charge on any atom is -0.480 e. The topological polar surface area (TPSA) is 77.8 Å². The van der Waals surface area contributed by atoms with Crippen LogP contribution in [0.3, 0.4) is 0 Å². The van der Waals surface area contributed by atoms with Crippen molar-refractivity contribution in [2.24, 2.45) is 0 Å². The zero-order chi connectivity index (χ0) is 28.3. The molecule has 6 nitrogen and oxygen atoms in total. The molecule has 0 bridgehead atoms. The molecule has 3 aromatic rings. The minimum atomic E-state index is -2.86. The van der Waals surface area contributed by atoms with E-state index >= 15 is 0 Å². The van der Waals surface area contributed by atoms with Gasteiger partial charge in [0.05, 0.1) is 13.2 Å². The summed E-state index contributed by atoms with van der Waals surface area (Å²) in [6, 6.07) is 12.0. The lowest BCUT2D eigenvalue weighted by molar-refractivity contribution is -0.137. The van der Waals surface area contributed by atoms with Crippen LogP contribution in [-0.4, -0.2) is 46.1 Å². The fraction of sp³-hybridized carbons (Fsp3) is 0.444. The number of aromatic nitrogens is 1. The summed E-state index contributed by atoms with van der Waals surface area (Å²) < 4.78 is 37.7. The summed E-state index contributed by atoms with van der Waals surface area (Å²) in [6.07, 6.45) is 0. The lowest BCUT2D eigenvalue weighted by atomic mass is 9.91. The monoisotopic (exact) mass is 603 g/mol. The van der Waals surface area contributed by atoms with Crippen LogP contribution in [0.15, 0.2) is 42.5 Å². The molecule has 11 heteroatoms. The van der Waals surface area contributed by atoms with Gasteiger partial charge in [0.25, 0.3) is 0 Å². The Labute approximate surface area is 237 Å². The number of carboxylic acid groups (broad SMARTS) is 1. The Morgan fingerprint density at radius 1 is 1.11 bits per heavy atom. The van der Waals surface area contributed by atoms with Crippen LogP contribution >= 0.6 is 41.5 Å². The number of carboxylic acids is 1. The Bertz CT molecular complexity index is 1230. The van der Waals surface area contributed by atoms with Gasteiger partial charge in [0, 0.05) is 39.0 Å². The lowest BCUT2D eigenvalue weighted by Crippen LogP contribution is -2.10. The largest absolute Gasteiger partial charge is 0.480 e. The third-order valence-corrected chi connectivity index (χ3v) is 11.1. The first-order chi connectivity index (χ1) is 18.1. The van der Waals surface area contributed by atoms with E-state index in [1.165, 1.54) is 23.5 Å². The van der Waals surface area contributed by atoms with Crippen LogP contribution < -0.4 is 0 Å². The molecule has 38 heavy (non-hydrogen) atoms. The molecule has 0 aliphatic carbocycles. The first-order valence-corrected chi connectivity index (χ1v) is 17.1. The summed E-state index contributed by atoms with van der Waals surface area (Å²) in [5.41, 5.74) is 3.54. The molecule has 2 aromatic carbocycles. The number of carbonyl (C=O) groups is 1. The number of aliphatic carboxylic acids is 1. The van der Waals surface area contributed by atoms with Gasteiger partial charge < -0.3 is 18.7 Å². The van der Waals surface area contributed by atoms with Crippen LogP contribution in [0, 0.1) is 12.7 Å².